The number of hydrogen-bond acceptors (Lipinski definition) is 6. The molecule has 7 heteroatoms. The third kappa shape index (κ3) is 2.99. The van der Waals surface area contributed by atoms with Crippen LogP contribution in [0.5, 0.6) is 0 Å². The normalized spacial score (nSPS) is 16.4. The Hall–Kier alpha value is -1.31. The molecular weight excluding hydrogens is 280 g/mol. The molecule has 2 aromatic rings. The fourth-order valence-corrected chi connectivity index (χ4v) is 3.64. The van der Waals surface area contributed by atoms with Gasteiger partial charge >= 0.3 is 0 Å². The van der Waals surface area contributed by atoms with Crippen molar-refractivity contribution in [2.45, 2.75) is 18.8 Å². The molecule has 1 amide bonds. The van der Waals surface area contributed by atoms with Gasteiger partial charge in [-0.3, -0.25) is 10.1 Å². The van der Waals surface area contributed by atoms with E-state index in [0.29, 0.717) is 16.7 Å². The van der Waals surface area contributed by atoms with Gasteiger partial charge in [0.05, 0.1) is 5.51 Å². The summed E-state index contributed by atoms with van der Waals surface area (Å²) in [5.41, 5.74) is 2.10. The zero-order valence-electron chi connectivity index (χ0n) is 10.3. The van der Waals surface area contributed by atoms with Crippen molar-refractivity contribution in [1.82, 2.24) is 15.3 Å². The average molecular weight is 294 g/mol. The van der Waals surface area contributed by atoms with Gasteiger partial charge in [-0.1, -0.05) is 0 Å². The zero-order valence-corrected chi connectivity index (χ0v) is 11.9. The highest BCUT2D eigenvalue weighted by Gasteiger charge is 2.18. The van der Waals surface area contributed by atoms with Crippen molar-refractivity contribution in [3.8, 4) is 0 Å². The van der Waals surface area contributed by atoms with Crippen LogP contribution in [0.3, 0.4) is 0 Å². The minimum atomic E-state index is -0.188. The Morgan fingerprint density at radius 1 is 1.37 bits per heavy atom. The number of piperidine rings is 1. The van der Waals surface area contributed by atoms with Crippen LogP contribution in [-0.2, 0) is 0 Å². The number of hydrogen-bond donors (Lipinski definition) is 2. The van der Waals surface area contributed by atoms with Gasteiger partial charge in [-0.2, -0.15) is 0 Å². The van der Waals surface area contributed by atoms with Gasteiger partial charge in [0.1, 0.15) is 5.69 Å². The fraction of sp³-hybridized carbons (Fsp3) is 0.417. The quantitative estimate of drug-likeness (QED) is 0.911. The molecule has 0 unspecified atom stereocenters. The lowest BCUT2D eigenvalue weighted by molar-refractivity contribution is 0.102. The first-order valence-corrected chi connectivity index (χ1v) is 7.95. The number of nitrogens with zero attached hydrogens (tertiary/aromatic N) is 2. The van der Waals surface area contributed by atoms with Crippen molar-refractivity contribution < 1.29 is 4.79 Å². The largest absolute Gasteiger partial charge is 0.317 e. The predicted molar refractivity (Wildman–Crippen MR) is 77.0 cm³/mol. The molecule has 1 fully saturated rings. The number of nitrogens with one attached hydrogen (secondary N) is 2. The molecule has 3 heterocycles. The predicted octanol–water partition coefficient (Wildman–Crippen LogP) is 2.32. The summed E-state index contributed by atoms with van der Waals surface area (Å²) >= 11 is 2.98. The lowest BCUT2D eigenvalue weighted by Gasteiger charge is -2.20. The van der Waals surface area contributed by atoms with E-state index >= 15 is 0 Å². The standard InChI is InChI=1S/C12H14N4OS2/c17-11(9-6-18-7-15-9)16-12-14-5-10(19-12)8-1-3-13-4-2-8/h5-8,13H,1-4H2,(H,14,16,17). The number of carbonyl (C=O) groups excluding carboxylic acids is 1. The summed E-state index contributed by atoms with van der Waals surface area (Å²) < 4.78 is 0. The summed E-state index contributed by atoms with van der Waals surface area (Å²) in [5, 5.41) is 8.54. The van der Waals surface area contributed by atoms with E-state index in [-0.39, 0.29) is 5.91 Å². The molecule has 2 N–H and O–H groups in total. The third-order valence-corrected chi connectivity index (χ3v) is 4.81. The molecule has 0 atom stereocenters. The van der Waals surface area contributed by atoms with Gasteiger partial charge < -0.3 is 5.32 Å². The first kappa shape index (κ1) is 12.7. The van der Waals surface area contributed by atoms with Crippen LogP contribution in [0.2, 0.25) is 0 Å². The minimum absolute atomic E-state index is 0.188. The Bertz CT molecular complexity index is 546. The third-order valence-electron chi connectivity index (χ3n) is 3.15. The van der Waals surface area contributed by atoms with E-state index in [4.69, 9.17) is 0 Å². The van der Waals surface area contributed by atoms with Gasteiger partial charge in [-0.25, -0.2) is 9.97 Å². The molecule has 3 rings (SSSR count). The molecule has 0 spiro atoms. The van der Waals surface area contributed by atoms with Crippen LogP contribution in [0, 0.1) is 0 Å². The molecule has 5 nitrogen and oxygen atoms in total. The molecule has 0 aliphatic carbocycles. The van der Waals surface area contributed by atoms with E-state index in [1.54, 1.807) is 22.2 Å². The molecule has 0 radical (unpaired) electrons. The first-order valence-electron chi connectivity index (χ1n) is 6.19. The SMILES string of the molecule is O=C(Nc1ncc(C2CCNCC2)s1)c1cscn1. The summed E-state index contributed by atoms with van der Waals surface area (Å²) in [6, 6.07) is 0. The first-order chi connectivity index (χ1) is 9.33. The molecule has 1 aliphatic heterocycles. The number of amides is 1. The highest BCUT2D eigenvalue weighted by molar-refractivity contribution is 7.15. The smallest absolute Gasteiger partial charge is 0.276 e. The van der Waals surface area contributed by atoms with Crippen molar-refractivity contribution in [2.24, 2.45) is 0 Å². The van der Waals surface area contributed by atoms with Gasteiger partial charge in [0.15, 0.2) is 5.13 Å². The molecule has 1 saturated heterocycles. The molecule has 0 saturated carbocycles. The molecule has 19 heavy (non-hydrogen) atoms. The van der Waals surface area contributed by atoms with Gasteiger partial charge in [-0.15, -0.1) is 22.7 Å². The van der Waals surface area contributed by atoms with Gasteiger partial charge in [0.25, 0.3) is 5.91 Å². The Morgan fingerprint density at radius 2 is 2.21 bits per heavy atom. The maximum atomic E-state index is 11.9. The maximum absolute atomic E-state index is 11.9. The van der Waals surface area contributed by atoms with Crippen LogP contribution in [0.1, 0.15) is 34.1 Å². The molecule has 0 aromatic carbocycles. The summed E-state index contributed by atoms with van der Waals surface area (Å²) in [6.07, 6.45) is 4.17. The van der Waals surface area contributed by atoms with E-state index in [1.165, 1.54) is 16.2 Å². The molecular formula is C12H14N4OS2. The summed E-state index contributed by atoms with van der Waals surface area (Å²) in [6.45, 7) is 2.12. The van der Waals surface area contributed by atoms with Crippen LogP contribution < -0.4 is 10.6 Å². The van der Waals surface area contributed by atoms with Crippen molar-refractivity contribution in [3.63, 3.8) is 0 Å². The highest BCUT2D eigenvalue weighted by Crippen LogP contribution is 2.31. The molecule has 100 valence electrons. The number of thiazole rings is 2. The fourth-order valence-electron chi connectivity index (χ4n) is 2.13. The Labute approximate surface area is 119 Å². The number of rotatable bonds is 3. The number of aromatic nitrogens is 2. The van der Waals surface area contributed by atoms with Crippen LogP contribution in [0.15, 0.2) is 17.1 Å². The van der Waals surface area contributed by atoms with Gasteiger partial charge in [0, 0.05) is 16.5 Å². The Morgan fingerprint density at radius 3 is 2.95 bits per heavy atom. The van der Waals surface area contributed by atoms with E-state index in [2.05, 4.69) is 20.6 Å². The van der Waals surface area contributed by atoms with Crippen molar-refractivity contribution >= 4 is 33.7 Å². The summed E-state index contributed by atoms with van der Waals surface area (Å²) in [5.74, 6) is 0.385. The lowest BCUT2D eigenvalue weighted by Crippen LogP contribution is -2.26. The number of anilines is 1. The molecule has 1 aliphatic rings. The minimum Gasteiger partial charge on any atom is -0.317 e. The average Bonchev–Trinajstić information content (AvgIpc) is 3.11. The van der Waals surface area contributed by atoms with E-state index < -0.39 is 0 Å². The van der Waals surface area contributed by atoms with E-state index in [0.717, 1.165) is 25.9 Å². The summed E-state index contributed by atoms with van der Waals surface area (Å²) in [7, 11) is 0. The molecule has 0 bridgehead atoms. The summed E-state index contributed by atoms with van der Waals surface area (Å²) in [4.78, 5) is 21.4. The van der Waals surface area contributed by atoms with Gasteiger partial charge in [0.2, 0.25) is 0 Å². The van der Waals surface area contributed by atoms with Crippen LogP contribution >= 0.6 is 22.7 Å². The lowest BCUT2D eigenvalue weighted by atomic mass is 9.97. The van der Waals surface area contributed by atoms with Crippen LogP contribution in [-0.4, -0.2) is 29.0 Å². The highest BCUT2D eigenvalue weighted by atomic mass is 32.1. The van der Waals surface area contributed by atoms with Crippen LogP contribution in [0.4, 0.5) is 5.13 Å². The van der Waals surface area contributed by atoms with Crippen molar-refractivity contribution in [1.29, 1.82) is 0 Å². The maximum Gasteiger partial charge on any atom is 0.276 e. The second-order valence-electron chi connectivity index (χ2n) is 4.42. The number of carbonyl (C=O) groups is 1. The van der Waals surface area contributed by atoms with Crippen molar-refractivity contribution in [2.75, 3.05) is 18.4 Å². The topological polar surface area (TPSA) is 66.9 Å². The zero-order chi connectivity index (χ0) is 13.1. The monoisotopic (exact) mass is 294 g/mol. The van der Waals surface area contributed by atoms with Crippen molar-refractivity contribution in [3.05, 3.63) is 27.7 Å². The molecule has 2 aromatic heterocycles. The second-order valence-corrected chi connectivity index (χ2v) is 6.20. The van der Waals surface area contributed by atoms with E-state index in [1.807, 2.05) is 6.20 Å². The van der Waals surface area contributed by atoms with Gasteiger partial charge in [-0.05, 0) is 31.8 Å². The second kappa shape index (κ2) is 5.77. The van der Waals surface area contributed by atoms with E-state index in [9.17, 15) is 4.79 Å². The van der Waals surface area contributed by atoms with Crippen LogP contribution in [0.25, 0.3) is 0 Å². The Kier molecular flexibility index (Phi) is 3.86. The Balaban J connectivity index is 1.66.